The molecule has 9 heteroatoms. The fourth-order valence-corrected chi connectivity index (χ4v) is 4.52. The van der Waals surface area contributed by atoms with Gasteiger partial charge in [0.05, 0.1) is 28.9 Å². The Morgan fingerprint density at radius 3 is 2.70 bits per heavy atom. The molecule has 2 aliphatic heterocycles. The van der Waals surface area contributed by atoms with Crippen molar-refractivity contribution in [2.45, 2.75) is 6.42 Å². The van der Waals surface area contributed by atoms with Crippen LogP contribution in [-0.4, -0.2) is 43.9 Å². The molecule has 2 aromatic carbocycles. The number of hydrogen-bond acceptors (Lipinski definition) is 4. The predicted molar refractivity (Wildman–Crippen MR) is 120 cm³/mol. The fourth-order valence-electron chi connectivity index (χ4n) is 3.72. The molecule has 156 valence electrons. The van der Waals surface area contributed by atoms with Crippen molar-refractivity contribution in [3.05, 3.63) is 52.0 Å². The van der Waals surface area contributed by atoms with Gasteiger partial charge < -0.3 is 20.4 Å². The smallest absolute Gasteiger partial charge is 0.239 e. The number of nitrogens with zero attached hydrogens (tertiary/aromatic N) is 2. The van der Waals surface area contributed by atoms with Gasteiger partial charge in [-0.05, 0) is 46.3 Å². The zero-order chi connectivity index (χ0) is 21.3. The number of rotatable bonds is 4. The normalized spacial score (nSPS) is 19.1. The standard InChI is InChI=1S/C21H20BrClN4O3/c22-15-3-1-2-4-17(15)27-11-13(9-20(27)29)21(30)25-14-5-6-18(16(23)10-14)26-8-7-24-19(28)12-26/h1-6,10,13H,7-9,11-12H2,(H,24,28)(H,25,30). The van der Waals surface area contributed by atoms with Crippen LogP contribution in [0.25, 0.3) is 0 Å². The first kappa shape index (κ1) is 20.7. The first-order valence-corrected chi connectivity index (χ1v) is 10.8. The van der Waals surface area contributed by atoms with Gasteiger partial charge in [0.25, 0.3) is 0 Å². The number of carbonyl (C=O) groups excluding carboxylic acids is 3. The number of amides is 3. The number of benzene rings is 2. The second-order valence-corrected chi connectivity index (χ2v) is 8.55. The molecule has 2 N–H and O–H groups in total. The summed E-state index contributed by atoms with van der Waals surface area (Å²) in [4.78, 5) is 40.4. The molecule has 30 heavy (non-hydrogen) atoms. The van der Waals surface area contributed by atoms with Crippen LogP contribution in [0.3, 0.4) is 0 Å². The Balaban J connectivity index is 1.43. The molecule has 0 bridgehead atoms. The van der Waals surface area contributed by atoms with Crippen molar-refractivity contribution < 1.29 is 14.4 Å². The van der Waals surface area contributed by atoms with E-state index in [9.17, 15) is 14.4 Å². The third kappa shape index (κ3) is 4.29. The lowest BCUT2D eigenvalue weighted by molar-refractivity contribution is -0.122. The molecule has 1 unspecified atom stereocenters. The second-order valence-electron chi connectivity index (χ2n) is 7.28. The van der Waals surface area contributed by atoms with Gasteiger partial charge in [-0.25, -0.2) is 0 Å². The summed E-state index contributed by atoms with van der Waals surface area (Å²) in [6.07, 6.45) is 0.155. The Morgan fingerprint density at radius 1 is 1.17 bits per heavy atom. The van der Waals surface area contributed by atoms with E-state index in [0.717, 1.165) is 15.8 Å². The van der Waals surface area contributed by atoms with E-state index >= 15 is 0 Å². The maximum atomic E-state index is 12.8. The van der Waals surface area contributed by atoms with E-state index in [2.05, 4.69) is 26.6 Å². The maximum Gasteiger partial charge on any atom is 0.239 e. The summed E-state index contributed by atoms with van der Waals surface area (Å²) in [6.45, 7) is 1.81. The van der Waals surface area contributed by atoms with Crippen LogP contribution < -0.4 is 20.4 Å². The van der Waals surface area contributed by atoms with Crippen LogP contribution >= 0.6 is 27.5 Å². The number of para-hydroxylation sites is 1. The Morgan fingerprint density at radius 2 is 1.97 bits per heavy atom. The molecule has 2 saturated heterocycles. The molecule has 4 rings (SSSR count). The summed E-state index contributed by atoms with van der Waals surface area (Å²) in [5.41, 5.74) is 2.07. The SMILES string of the molecule is O=C1CN(c2ccc(NC(=O)C3CC(=O)N(c4ccccc4Br)C3)cc2Cl)CCN1. The highest BCUT2D eigenvalue weighted by atomic mass is 79.9. The highest BCUT2D eigenvalue weighted by Gasteiger charge is 2.35. The average molecular weight is 492 g/mol. The molecule has 2 fully saturated rings. The van der Waals surface area contributed by atoms with Crippen LogP contribution in [-0.2, 0) is 14.4 Å². The Labute approximate surface area is 187 Å². The van der Waals surface area contributed by atoms with Crippen LogP contribution in [0.1, 0.15) is 6.42 Å². The van der Waals surface area contributed by atoms with E-state index in [0.29, 0.717) is 30.3 Å². The van der Waals surface area contributed by atoms with E-state index in [1.165, 1.54) is 0 Å². The van der Waals surface area contributed by atoms with Crippen LogP contribution in [0.15, 0.2) is 46.9 Å². The molecule has 7 nitrogen and oxygen atoms in total. The van der Waals surface area contributed by atoms with Crippen molar-refractivity contribution in [1.29, 1.82) is 0 Å². The summed E-state index contributed by atoms with van der Waals surface area (Å²) in [5, 5.41) is 6.09. The quantitative estimate of drug-likeness (QED) is 0.689. The number of piperazine rings is 1. The number of hydrogen-bond donors (Lipinski definition) is 2. The van der Waals surface area contributed by atoms with E-state index in [-0.39, 0.29) is 30.7 Å². The van der Waals surface area contributed by atoms with Gasteiger partial charge in [-0.3, -0.25) is 14.4 Å². The summed E-state index contributed by atoms with van der Waals surface area (Å²) >= 11 is 9.86. The highest BCUT2D eigenvalue weighted by molar-refractivity contribution is 9.10. The maximum absolute atomic E-state index is 12.8. The molecule has 0 radical (unpaired) electrons. The minimum atomic E-state index is -0.450. The van der Waals surface area contributed by atoms with E-state index in [1.54, 1.807) is 23.1 Å². The summed E-state index contributed by atoms with van der Waals surface area (Å²) in [7, 11) is 0. The molecule has 0 saturated carbocycles. The lowest BCUT2D eigenvalue weighted by Gasteiger charge is -2.29. The molecule has 0 spiro atoms. The molecule has 1 atom stereocenters. The average Bonchev–Trinajstić information content (AvgIpc) is 3.10. The van der Waals surface area contributed by atoms with Gasteiger partial charge in [0.15, 0.2) is 0 Å². The van der Waals surface area contributed by atoms with Gasteiger partial charge >= 0.3 is 0 Å². The Hall–Kier alpha value is -2.58. The van der Waals surface area contributed by atoms with Gasteiger partial charge in [-0.15, -0.1) is 0 Å². The molecule has 2 heterocycles. The first-order chi connectivity index (χ1) is 14.4. The lowest BCUT2D eigenvalue weighted by atomic mass is 10.1. The van der Waals surface area contributed by atoms with Gasteiger partial charge in [-0.1, -0.05) is 23.7 Å². The molecular formula is C21H20BrClN4O3. The monoisotopic (exact) mass is 490 g/mol. The minimum Gasteiger partial charge on any atom is -0.359 e. The Kier molecular flexibility index (Phi) is 5.97. The van der Waals surface area contributed by atoms with E-state index in [1.807, 2.05) is 29.2 Å². The lowest BCUT2D eigenvalue weighted by Crippen LogP contribution is -2.47. The zero-order valence-corrected chi connectivity index (χ0v) is 18.4. The van der Waals surface area contributed by atoms with Crippen molar-refractivity contribution in [1.82, 2.24) is 5.32 Å². The molecule has 0 aromatic heterocycles. The second kappa shape index (κ2) is 8.65. The summed E-state index contributed by atoms with van der Waals surface area (Å²) in [5.74, 6) is -0.804. The number of nitrogens with one attached hydrogen (secondary N) is 2. The predicted octanol–water partition coefficient (Wildman–Crippen LogP) is 3.03. The van der Waals surface area contributed by atoms with E-state index in [4.69, 9.17) is 11.6 Å². The van der Waals surface area contributed by atoms with Crippen LogP contribution in [0.5, 0.6) is 0 Å². The summed E-state index contributed by atoms with van der Waals surface area (Å²) < 4.78 is 0.813. The molecule has 3 amide bonds. The fraction of sp³-hybridized carbons (Fsp3) is 0.286. The largest absolute Gasteiger partial charge is 0.359 e. The van der Waals surface area contributed by atoms with Gasteiger partial charge in [0.2, 0.25) is 17.7 Å². The van der Waals surface area contributed by atoms with Crippen molar-refractivity contribution in [2.24, 2.45) is 5.92 Å². The topological polar surface area (TPSA) is 81.8 Å². The van der Waals surface area contributed by atoms with Crippen LogP contribution in [0.2, 0.25) is 5.02 Å². The van der Waals surface area contributed by atoms with Gasteiger partial charge in [-0.2, -0.15) is 0 Å². The molecule has 2 aliphatic rings. The van der Waals surface area contributed by atoms with Crippen LogP contribution in [0, 0.1) is 5.92 Å². The van der Waals surface area contributed by atoms with Crippen LogP contribution in [0.4, 0.5) is 17.1 Å². The molecule has 2 aromatic rings. The number of carbonyl (C=O) groups is 3. The third-order valence-corrected chi connectivity index (χ3v) is 6.21. The highest BCUT2D eigenvalue weighted by Crippen LogP contribution is 2.33. The number of anilines is 3. The molecular weight excluding hydrogens is 472 g/mol. The Bertz CT molecular complexity index is 1020. The molecule has 0 aliphatic carbocycles. The van der Waals surface area contributed by atoms with E-state index < -0.39 is 5.92 Å². The van der Waals surface area contributed by atoms with Crippen molar-refractivity contribution in [3.8, 4) is 0 Å². The third-order valence-electron chi connectivity index (χ3n) is 5.23. The van der Waals surface area contributed by atoms with Gasteiger partial charge in [0, 0.05) is 36.2 Å². The first-order valence-electron chi connectivity index (χ1n) is 9.59. The van der Waals surface area contributed by atoms with Gasteiger partial charge in [0.1, 0.15) is 0 Å². The summed E-state index contributed by atoms with van der Waals surface area (Å²) in [6, 6.07) is 12.7. The van der Waals surface area contributed by atoms with Crippen molar-refractivity contribution >= 4 is 62.3 Å². The van der Waals surface area contributed by atoms with Crippen molar-refractivity contribution in [2.75, 3.05) is 41.3 Å². The zero-order valence-electron chi connectivity index (χ0n) is 16.0. The number of halogens is 2. The van der Waals surface area contributed by atoms with Crippen molar-refractivity contribution in [3.63, 3.8) is 0 Å². The minimum absolute atomic E-state index is 0.0461.